The second-order valence-electron chi connectivity index (χ2n) is 10.8. The van der Waals surface area contributed by atoms with Crippen molar-refractivity contribution >= 4 is 37.6 Å². The second kappa shape index (κ2) is 11.6. The predicted octanol–water partition coefficient (Wildman–Crippen LogP) is 4.79. The fourth-order valence-electron chi connectivity index (χ4n) is 6.18. The number of amides is 2. The molecule has 39 heavy (non-hydrogen) atoms. The van der Waals surface area contributed by atoms with Gasteiger partial charge in [0, 0.05) is 47.8 Å². The van der Waals surface area contributed by atoms with E-state index in [0.717, 1.165) is 0 Å². The van der Waals surface area contributed by atoms with E-state index in [4.69, 9.17) is 9.47 Å². The number of benzene rings is 2. The van der Waals surface area contributed by atoms with Crippen molar-refractivity contribution in [3.63, 3.8) is 0 Å². The first-order valence-electron chi connectivity index (χ1n) is 13.4. The van der Waals surface area contributed by atoms with E-state index < -0.39 is 31.6 Å². The molecule has 10 heteroatoms. The molecule has 2 amide bonds. The first kappa shape index (κ1) is 28.9. The van der Waals surface area contributed by atoms with E-state index in [0.29, 0.717) is 41.9 Å². The van der Waals surface area contributed by atoms with Gasteiger partial charge < -0.3 is 28.9 Å². The molecule has 1 saturated heterocycles. The van der Waals surface area contributed by atoms with Crippen LogP contribution < -0.4 is 10.2 Å². The molecule has 0 bridgehead atoms. The fourth-order valence-corrected chi connectivity index (χ4v) is 8.72. The van der Waals surface area contributed by atoms with Crippen LogP contribution in [0, 0.1) is 5.92 Å². The van der Waals surface area contributed by atoms with Crippen molar-refractivity contribution in [1.29, 1.82) is 0 Å². The Labute approximate surface area is 229 Å². The lowest BCUT2D eigenvalue weighted by Crippen LogP contribution is -2.45. The monoisotopic (exact) mass is 556 g/mol. The summed E-state index contributed by atoms with van der Waals surface area (Å²) in [4.78, 5) is 40.3. The molecule has 2 aliphatic heterocycles. The highest BCUT2D eigenvalue weighted by Crippen LogP contribution is 2.60. The third-order valence-electron chi connectivity index (χ3n) is 7.91. The lowest BCUT2D eigenvalue weighted by Gasteiger charge is -2.31. The number of carbonyl (C=O) groups is 3. The van der Waals surface area contributed by atoms with Crippen LogP contribution in [-0.2, 0) is 24.7 Å². The smallest absolute Gasteiger partial charge is 0.305 e. The van der Waals surface area contributed by atoms with Gasteiger partial charge in [0.2, 0.25) is 8.41 Å². The average Bonchev–Trinajstić information content (AvgIpc) is 3.33. The van der Waals surface area contributed by atoms with E-state index in [1.54, 1.807) is 60.5 Å². The second-order valence-corrected chi connectivity index (χ2v) is 14.6. The molecule has 0 aliphatic carbocycles. The van der Waals surface area contributed by atoms with Gasteiger partial charge in [-0.05, 0) is 62.7 Å². The first-order chi connectivity index (χ1) is 18.5. The molecule has 0 radical (unpaired) electrons. The number of unbranched alkanes of at least 4 members (excludes halogenated alkanes) is 1. The van der Waals surface area contributed by atoms with Gasteiger partial charge in [-0.1, -0.05) is 25.1 Å². The van der Waals surface area contributed by atoms with Crippen molar-refractivity contribution in [2.45, 2.75) is 62.9 Å². The number of halogens is 1. The Kier molecular flexibility index (Phi) is 8.58. The molecule has 2 N–H and O–H groups in total. The van der Waals surface area contributed by atoms with Crippen LogP contribution in [0.5, 0.6) is 0 Å². The van der Waals surface area contributed by atoms with Gasteiger partial charge in [-0.25, -0.2) is 0 Å². The lowest BCUT2D eigenvalue weighted by atomic mass is 9.82. The molecular weight excluding hydrogens is 519 g/mol. The summed E-state index contributed by atoms with van der Waals surface area (Å²) in [6.07, 6.45) is 0.958. The normalized spacial score (nSPS) is 24.2. The van der Waals surface area contributed by atoms with Crippen LogP contribution in [0.15, 0.2) is 48.5 Å². The van der Waals surface area contributed by atoms with Gasteiger partial charge in [-0.15, -0.1) is 0 Å². The number of methoxy groups -OCH3 is 1. The van der Waals surface area contributed by atoms with Gasteiger partial charge in [0.05, 0.1) is 18.9 Å². The topological polar surface area (TPSA) is 105 Å². The highest BCUT2D eigenvalue weighted by molar-refractivity contribution is 6.72. The molecule has 210 valence electrons. The quantitative estimate of drug-likeness (QED) is 0.189. The van der Waals surface area contributed by atoms with Gasteiger partial charge >= 0.3 is 5.97 Å². The lowest BCUT2D eigenvalue weighted by molar-refractivity contribution is -0.146. The number of nitrogens with zero attached hydrogens (tertiary/aromatic N) is 1. The van der Waals surface area contributed by atoms with Gasteiger partial charge in [0.15, 0.2) is 5.60 Å². The average molecular weight is 557 g/mol. The number of esters is 1. The molecule has 0 unspecified atom stereocenters. The molecule has 8 nitrogen and oxygen atoms in total. The van der Waals surface area contributed by atoms with E-state index in [9.17, 15) is 19.5 Å². The van der Waals surface area contributed by atoms with Crippen LogP contribution >= 0.6 is 0 Å². The number of carbonyl (C=O) groups excluding carboxylic acids is 3. The zero-order valence-electron chi connectivity index (χ0n) is 22.9. The molecule has 1 fully saturated rings. The molecular formula is C29H37FN2O6Si. The van der Waals surface area contributed by atoms with Crippen molar-refractivity contribution in [2.75, 3.05) is 30.5 Å². The van der Waals surface area contributed by atoms with Crippen LogP contribution in [0.2, 0.25) is 18.6 Å². The number of anilines is 2. The summed E-state index contributed by atoms with van der Waals surface area (Å²) in [6, 6.07) is 14.1. The maximum atomic E-state index is 15.7. The highest BCUT2D eigenvalue weighted by Gasteiger charge is 2.66. The Balaban J connectivity index is 1.72. The number of nitrogens with one attached hydrogen (secondary N) is 1. The van der Waals surface area contributed by atoms with Crippen molar-refractivity contribution in [2.24, 2.45) is 5.92 Å². The SMILES string of the molecule is COC(=O)CCCCN1C(=O)[C@@]2(O[C@@H](CCO)[C@H]([Si](C)(C)F)[C@H]2C)c2cc(NC(=O)c3ccccc3)ccc21. The minimum Gasteiger partial charge on any atom is -0.469 e. The number of fused-ring (bicyclic) bond motifs is 2. The van der Waals surface area contributed by atoms with E-state index in [1.165, 1.54) is 7.11 Å². The largest absolute Gasteiger partial charge is 0.469 e. The van der Waals surface area contributed by atoms with Crippen LogP contribution in [0.1, 0.15) is 48.5 Å². The standard InChI is InChI=1S/C29H37FN2O6Si/c1-19-26(39(3,4)30)24(15-17-33)38-29(19)22-18-21(31-27(35)20-10-6-5-7-11-20)13-14-23(22)32(28(29)36)16-9-8-12-25(34)37-2/h5-7,10-11,13-14,18-19,24,26,33H,8-9,12,15-17H2,1-4H3,(H,31,35)/t19-,24+,26-,29+/m1/s1. The van der Waals surface area contributed by atoms with E-state index in [-0.39, 0.29) is 37.2 Å². The van der Waals surface area contributed by atoms with E-state index in [2.05, 4.69) is 5.32 Å². The van der Waals surface area contributed by atoms with E-state index in [1.807, 2.05) is 13.0 Å². The van der Waals surface area contributed by atoms with Crippen LogP contribution in [-0.4, -0.2) is 57.7 Å². The number of hydrogen-bond donors (Lipinski definition) is 2. The minimum atomic E-state index is -3.31. The van der Waals surface area contributed by atoms with Gasteiger partial charge in [-0.2, -0.15) is 0 Å². The van der Waals surface area contributed by atoms with Gasteiger partial charge in [0.25, 0.3) is 11.8 Å². The van der Waals surface area contributed by atoms with Crippen molar-refractivity contribution in [3.8, 4) is 0 Å². The minimum absolute atomic E-state index is 0.181. The molecule has 2 aliphatic rings. The number of aliphatic hydroxyl groups is 1. The summed E-state index contributed by atoms with van der Waals surface area (Å²) in [5.74, 6) is -1.37. The summed E-state index contributed by atoms with van der Waals surface area (Å²) in [6.45, 7) is 5.25. The molecule has 0 aromatic heterocycles. The highest BCUT2D eigenvalue weighted by atomic mass is 28.4. The summed E-state index contributed by atoms with van der Waals surface area (Å²) >= 11 is 0. The van der Waals surface area contributed by atoms with Crippen molar-refractivity contribution < 1.29 is 33.1 Å². The molecule has 2 aromatic rings. The zero-order valence-corrected chi connectivity index (χ0v) is 23.9. The Morgan fingerprint density at radius 2 is 1.90 bits per heavy atom. The summed E-state index contributed by atoms with van der Waals surface area (Å²) in [7, 11) is -1.97. The molecule has 2 heterocycles. The number of ether oxygens (including phenoxy) is 2. The number of aliphatic hydroxyl groups excluding tert-OH is 1. The maximum absolute atomic E-state index is 15.7. The fraction of sp³-hybridized carbons (Fsp3) is 0.483. The van der Waals surface area contributed by atoms with Crippen LogP contribution in [0.4, 0.5) is 15.5 Å². The molecule has 1 spiro atoms. The van der Waals surface area contributed by atoms with E-state index >= 15 is 4.11 Å². The summed E-state index contributed by atoms with van der Waals surface area (Å²) in [5, 5.41) is 12.6. The van der Waals surface area contributed by atoms with Crippen molar-refractivity contribution in [3.05, 3.63) is 59.7 Å². The third kappa shape index (κ3) is 5.50. The number of rotatable bonds is 10. The van der Waals surface area contributed by atoms with Gasteiger partial charge in [-0.3, -0.25) is 14.4 Å². The zero-order chi connectivity index (χ0) is 28.4. The van der Waals surface area contributed by atoms with Crippen LogP contribution in [0.3, 0.4) is 0 Å². The maximum Gasteiger partial charge on any atom is 0.305 e. The van der Waals surface area contributed by atoms with Gasteiger partial charge in [0.1, 0.15) is 0 Å². The molecule has 2 aromatic carbocycles. The summed E-state index contributed by atoms with van der Waals surface area (Å²) in [5.41, 5.74) is 0.272. The van der Waals surface area contributed by atoms with Crippen LogP contribution in [0.25, 0.3) is 0 Å². The Morgan fingerprint density at radius 3 is 2.54 bits per heavy atom. The Bertz CT molecular complexity index is 1220. The molecule has 4 rings (SSSR count). The number of hydrogen-bond acceptors (Lipinski definition) is 6. The Morgan fingerprint density at radius 1 is 1.18 bits per heavy atom. The summed E-state index contributed by atoms with van der Waals surface area (Å²) < 4.78 is 27.0. The Hall–Kier alpha value is -3.08. The first-order valence-corrected chi connectivity index (χ1v) is 16.4. The molecule has 0 saturated carbocycles. The third-order valence-corrected chi connectivity index (χ3v) is 10.4. The molecule has 4 atom stereocenters. The van der Waals surface area contributed by atoms with Crippen molar-refractivity contribution in [1.82, 2.24) is 0 Å². The predicted molar refractivity (Wildman–Crippen MR) is 149 cm³/mol.